The zero-order valence-electron chi connectivity index (χ0n) is 18.7. The van der Waals surface area contributed by atoms with Gasteiger partial charge in [-0.25, -0.2) is 4.79 Å². The lowest BCUT2D eigenvalue weighted by atomic mass is 10.1. The van der Waals surface area contributed by atoms with E-state index in [0.29, 0.717) is 32.0 Å². The minimum atomic E-state index is -0.837. The summed E-state index contributed by atoms with van der Waals surface area (Å²) >= 11 is 2.02. The number of hydrogen-bond acceptors (Lipinski definition) is 8. The molecular weight excluding hydrogens is 585 g/mol. The number of urea groups is 1. The van der Waals surface area contributed by atoms with Crippen LogP contribution in [0.15, 0.2) is 64.8 Å². The largest absolute Gasteiger partial charge is 0.493 e. The Hall–Kier alpha value is -4.20. The molecule has 11 nitrogen and oxygen atoms in total. The van der Waals surface area contributed by atoms with E-state index in [1.165, 1.54) is 31.6 Å². The van der Waals surface area contributed by atoms with Crippen LogP contribution in [0.2, 0.25) is 0 Å². The van der Waals surface area contributed by atoms with Crippen LogP contribution in [0.5, 0.6) is 11.5 Å². The van der Waals surface area contributed by atoms with Gasteiger partial charge in [-0.05, 0) is 64.1 Å². The van der Waals surface area contributed by atoms with E-state index in [1.54, 1.807) is 36.4 Å². The van der Waals surface area contributed by atoms with Gasteiger partial charge in [-0.1, -0.05) is 12.1 Å². The van der Waals surface area contributed by atoms with Crippen molar-refractivity contribution in [3.05, 3.63) is 90.9 Å². The first-order valence-electron chi connectivity index (χ1n) is 10.4. The number of nitro groups is 1. The van der Waals surface area contributed by atoms with Gasteiger partial charge in [0.15, 0.2) is 11.5 Å². The zero-order chi connectivity index (χ0) is 25.8. The fraction of sp³-hybridized carbons (Fsp3) is 0.125. The molecule has 0 unspecified atom stereocenters. The van der Waals surface area contributed by atoms with Gasteiger partial charge in [-0.3, -0.25) is 29.9 Å². The van der Waals surface area contributed by atoms with Crippen molar-refractivity contribution in [2.24, 2.45) is 0 Å². The summed E-state index contributed by atoms with van der Waals surface area (Å²) in [6.07, 6.45) is 2.77. The van der Waals surface area contributed by atoms with Crippen molar-refractivity contribution < 1.29 is 33.2 Å². The molecule has 12 heteroatoms. The number of nitrogens with zero attached hydrogens (tertiary/aromatic N) is 2. The van der Waals surface area contributed by atoms with Crippen LogP contribution in [0.25, 0.3) is 6.08 Å². The van der Waals surface area contributed by atoms with E-state index >= 15 is 0 Å². The first kappa shape index (κ1) is 24.9. The summed E-state index contributed by atoms with van der Waals surface area (Å²) in [4.78, 5) is 49.0. The van der Waals surface area contributed by atoms with Gasteiger partial charge in [0.25, 0.3) is 17.5 Å². The summed E-state index contributed by atoms with van der Waals surface area (Å²) < 4.78 is 17.1. The highest BCUT2D eigenvalue weighted by molar-refractivity contribution is 14.1. The molecule has 0 spiro atoms. The lowest BCUT2D eigenvalue weighted by Crippen LogP contribution is -2.53. The number of barbiturate groups is 1. The first-order chi connectivity index (χ1) is 17.3. The Morgan fingerprint density at radius 3 is 2.67 bits per heavy atom. The van der Waals surface area contributed by atoms with Crippen molar-refractivity contribution >= 4 is 52.2 Å². The number of methoxy groups -OCH3 is 1. The number of halogens is 1. The molecule has 1 N–H and O–H groups in total. The standard InChI is InChI=1S/C24H18IN3O8/c1-34-20-11-15(10-19(25)21(20)36-13-14-4-2-5-16(8-14)28(32)33)9-18-22(29)26-24(31)27(23(18)30)12-17-6-3-7-35-17/h2-11H,12-13H2,1H3,(H,26,29,31)/b18-9+. The Morgan fingerprint density at radius 1 is 1.17 bits per heavy atom. The molecule has 184 valence electrons. The maximum Gasteiger partial charge on any atom is 0.331 e. The third kappa shape index (κ3) is 5.38. The lowest BCUT2D eigenvalue weighted by Gasteiger charge is -2.25. The second-order valence-corrected chi connectivity index (χ2v) is 8.70. The molecule has 4 rings (SSSR count). The zero-order valence-corrected chi connectivity index (χ0v) is 20.9. The summed E-state index contributed by atoms with van der Waals surface area (Å²) in [5.74, 6) is -0.485. The number of carbonyl (C=O) groups is 3. The van der Waals surface area contributed by atoms with Gasteiger partial charge in [-0.2, -0.15) is 0 Å². The Bertz CT molecular complexity index is 1380. The molecule has 4 amide bonds. The Balaban J connectivity index is 1.58. The van der Waals surface area contributed by atoms with E-state index in [2.05, 4.69) is 5.32 Å². The quantitative estimate of drug-likeness (QED) is 0.134. The van der Waals surface area contributed by atoms with Gasteiger partial charge in [0.2, 0.25) is 0 Å². The van der Waals surface area contributed by atoms with E-state index in [4.69, 9.17) is 13.9 Å². The minimum Gasteiger partial charge on any atom is -0.493 e. The van der Waals surface area contributed by atoms with Crippen LogP contribution in [0.3, 0.4) is 0 Å². The molecule has 0 aliphatic carbocycles. The number of hydrogen-bond donors (Lipinski definition) is 1. The van der Waals surface area contributed by atoms with Crippen LogP contribution in [0.4, 0.5) is 10.5 Å². The molecule has 2 aromatic carbocycles. The van der Waals surface area contributed by atoms with E-state index < -0.39 is 22.8 Å². The number of amides is 4. The van der Waals surface area contributed by atoms with Crippen LogP contribution in [0, 0.1) is 13.7 Å². The predicted octanol–water partition coefficient (Wildman–Crippen LogP) is 4.04. The second-order valence-electron chi connectivity index (χ2n) is 7.54. The molecule has 0 radical (unpaired) electrons. The van der Waals surface area contributed by atoms with Crippen molar-refractivity contribution in [3.63, 3.8) is 0 Å². The van der Waals surface area contributed by atoms with Crippen molar-refractivity contribution in [1.29, 1.82) is 0 Å². The van der Waals surface area contributed by atoms with Crippen molar-refractivity contribution in [1.82, 2.24) is 10.2 Å². The number of rotatable bonds is 8. The van der Waals surface area contributed by atoms with Crippen LogP contribution < -0.4 is 14.8 Å². The molecule has 1 aliphatic rings. The predicted molar refractivity (Wildman–Crippen MR) is 134 cm³/mol. The Kier molecular flexibility index (Phi) is 7.33. The fourth-order valence-electron chi connectivity index (χ4n) is 3.44. The maximum absolute atomic E-state index is 12.9. The molecule has 0 atom stereocenters. The van der Waals surface area contributed by atoms with Gasteiger partial charge >= 0.3 is 6.03 Å². The van der Waals surface area contributed by atoms with Gasteiger partial charge in [-0.15, -0.1) is 0 Å². The molecule has 2 heterocycles. The number of imide groups is 2. The minimum absolute atomic E-state index is 0.0465. The number of nitrogens with one attached hydrogen (secondary N) is 1. The van der Waals surface area contributed by atoms with E-state index in [1.807, 2.05) is 22.6 Å². The van der Waals surface area contributed by atoms with Crippen molar-refractivity contribution in [2.75, 3.05) is 7.11 Å². The van der Waals surface area contributed by atoms with E-state index in [0.717, 1.165) is 4.90 Å². The number of benzene rings is 2. The molecule has 1 fully saturated rings. The van der Waals surface area contributed by atoms with Gasteiger partial charge in [0.1, 0.15) is 17.9 Å². The SMILES string of the molecule is COc1cc(/C=C2\C(=O)NC(=O)N(Cc3ccco3)C2=O)cc(I)c1OCc1cccc([N+](=O)[O-])c1. The Labute approximate surface area is 218 Å². The van der Waals surface area contributed by atoms with E-state index in [9.17, 15) is 24.5 Å². The highest BCUT2D eigenvalue weighted by Crippen LogP contribution is 2.35. The summed E-state index contributed by atoms with van der Waals surface area (Å²) in [5, 5.41) is 13.2. The first-order valence-corrected chi connectivity index (χ1v) is 11.5. The molecule has 1 aliphatic heterocycles. The maximum atomic E-state index is 12.9. The monoisotopic (exact) mass is 603 g/mol. The molecule has 3 aromatic rings. The normalized spacial score (nSPS) is 14.7. The highest BCUT2D eigenvalue weighted by Gasteiger charge is 2.36. The lowest BCUT2D eigenvalue weighted by molar-refractivity contribution is -0.384. The van der Waals surface area contributed by atoms with Crippen LogP contribution >= 0.6 is 22.6 Å². The third-order valence-corrected chi connectivity index (χ3v) is 5.95. The fourth-order valence-corrected chi connectivity index (χ4v) is 4.22. The number of furan rings is 1. The van der Waals surface area contributed by atoms with Crippen LogP contribution in [-0.2, 0) is 22.7 Å². The summed E-state index contributed by atoms with van der Waals surface area (Å²) in [7, 11) is 1.44. The molecule has 36 heavy (non-hydrogen) atoms. The average Bonchev–Trinajstić information content (AvgIpc) is 3.37. The summed E-state index contributed by atoms with van der Waals surface area (Å²) in [6.45, 7) is -0.0766. The van der Waals surface area contributed by atoms with Crippen molar-refractivity contribution in [3.8, 4) is 11.5 Å². The Morgan fingerprint density at radius 2 is 1.97 bits per heavy atom. The molecule has 0 saturated carbocycles. The van der Waals surface area contributed by atoms with Gasteiger partial charge < -0.3 is 13.9 Å². The van der Waals surface area contributed by atoms with Crippen LogP contribution in [0.1, 0.15) is 16.9 Å². The smallest absolute Gasteiger partial charge is 0.331 e. The number of non-ortho nitro benzene ring substituents is 1. The number of nitro benzene ring substituents is 1. The summed E-state index contributed by atoms with van der Waals surface area (Å²) in [6, 6.07) is 11.7. The van der Waals surface area contributed by atoms with Crippen molar-refractivity contribution in [2.45, 2.75) is 13.2 Å². The van der Waals surface area contributed by atoms with Crippen LogP contribution in [-0.4, -0.2) is 34.8 Å². The number of ether oxygens (including phenoxy) is 2. The second kappa shape index (κ2) is 10.6. The summed E-state index contributed by atoms with van der Waals surface area (Å²) in [5.41, 5.74) is 0.780. The molecular formula is C24H18IN3O8. The number of carbonyl (C=O) groups excluding carboxylic acids is 3. The van der Waals surface area contributed by atoms with Gasteiger partial charge in [0, 0.05) is 12.1 Å². The highest BCUT2D eigenvalue weighted by atomic mass is 127. The van der Waals surface area contributed by atoms with E-state index in [-0.39, 0.29) is 24.4 Å². The third-order valence-electron chi connectivity index (χ3n) is 5.15. The molecule has 0 bridgehead atoms. The van der Waals surface area contributed by atoms with Gasteiger partial charge in [0.05, 0.1) is 28.4 Å². The molecule has 1 aromatic heterocycles. The topological polar surface area (TPSA) is 141 Å². The molecule has 1 saturated heterocycles. The average molecular weight is 603 g/mol.